The fourth-order valence-electron chi connectivity index (χ4n) is 4.76. The minimum Gasteiger partial charge on any atom is -0.355 e. The van der Waals surface area contributed by atoms with E-state index >= 15 is 0 Å². The molecule has 0 saturated carbocycles. The first kappa shape index (κ1) is 20.6. The number of hydrogen-bond acceptors (Lipinski definition) is 2. The molecule has 2 aromatic carbocycles. The van der Waals surface area contributed by atoms with Crippen molar-refractivity contribution in [3.63, 3.8) is 0 Å². The van der Waals surface area contributed by atoms with Gasteiger partial charge < -0.3 is 10.2 Å². The van der Waals surface area contributed by atoms with Crippen LogP contribution in [0.25, 0.3) is 10.8 Å². The number of nitrogens with zero attached hydrogens (tertiary/aromatic N) is 1. The third kappa shape index (κ3) is 5.10. The summed E-state index contributed by atoms with van der Waals surface area (Å²) in [5, 5.41) is 5.41. The molecule has 0 bridgehead atoms. The van der Waals surface area contributed by atoms with Gasteiger partial charge in [-0.25, -0.2) is 0 Å². The molecule has 1 heterocycles. The summed E-state index contributed by atoms with van der Waals surface area (Å²) >= 11 is 0. The van der Waals surface area contributed by atoms with E-state index in [0.29, 0.717) is 19.5 Å². The molecular weight excluding hydrogens is 372 g/mol. The minimum atomic E-state index is -0.0875. The van der Waals surface area contributed by atoms with Gasteiger partial charge in [0, 0.05) is 19.6 Å². The minimum absolute atomic E-state index is 0.0875. The molecule has 1 N–H and O–H groups in total. The molecule has 2 amide bonds. The molecule has 0 radical (unpaired) electrons. The van der Waals surface area contributed by atoms with Crippen molar-refractivity contribution >= 4 is 22.6 Å². The summed E-state index contributed by atoms with van der Waals surface area (Å²) in [6.45, 7) is 2.00. The highest BCUT2D eigenvalue weighted by molar-refractivity contribution is 5.90. The van der Waals surface area contributed by atoms with Crippen LogP contribution in [-0.4, -0.2) is 36.3 Å². The van der Waals surface area contributed by atoms with E-state index in [1.165, 1.54) is 31.3 Å². The van der Waals surface area contributed by atoms with Crippen LogP contribution in [0.1, 0.15) is 50.5 Å². The predicted octanol–water partition coefficient (Wildman–Crippen LogP) is 4.63. The van der Waals surface area contributed by atoms with E-state index in [1.807, 2.05) is 29.2 Å². The number of nitrogens with one attached hydrogen (secondary N) is 1. The van der Waals surface area contributed by atoms with Gasteiger partial charge in [-0.2, -0.15) is 0 Å². The maximum atomic E-state index is 13.0. The number of hydrogen-bond donors (Lipinski definition) is 1. The van der Waals surface area contributed by atoms with E-state index in [9.17, 15) is 9.59 Å². The Labute approximate surface area is 179 Å². The first-order valence-corrected chi connectivity index (χ1v) is 11.4. The van der Waals surface area contributed by atoms with E-state index in [0.717, 1.165) is 42.1 Å². The van der Waals surface area contributed by atoms with Crippen molar-refractivity contribution in [3.05, 3.63) is 59.7 Å². The molecule has 4 rings (SSSR count). The van der Waals surface area contributed by atoms with Gasteiger partial charge in [0.1, 0.15) is 0 Å². The number of allylic oxidation sites excluding steroid dienone is 1. The van der Waals surface area contributed by atoms with Crippen molar-refractivity contribution in [1.29, 1.82) is 0 Å². The lowest BCUT2D eigenvalue weighted by Gasteiger charge is -2.32. The number of rotatable bonds is 6. The number of benzene rings is 2. The largest absolute Gasteiger partial charge is 0.355 e. The fraction of sp³-hybridized carbons (Fsp3) is 0.462. The topological polar surface area (TPSA) is 49.4 Å². The Bertz CT molecular complexity index is 928. The van der Waals surface area contributed by atoms with Crippen LogP contribution in [0.3, 0.4) is 0 Å². The van der Waals surface area contributed by atoms with E-state index in [4.69, 9.17) is 0 Å². The second kappa shape index (κ2) is 9.92. The lowest BCUT2D eigenvalue weighted by Crippen LogP contribution is -2.46. The lowest BCUT2D eigenvalue weighted by atomic mass is 9.95. The van der Waals surface area contributed by atoms with Crippen LogP contribution in [0.4, 0.5) is 0 Å². The van der Waals surface area contributed by atoms with Crippen LogP contribution in [0.15, 0.2) is 54.1 Å². The Balaban J connectivity index is 1.31. The van der Waals surface area contributed by atoms with Crippen molar-refractivity contribution < 1.29 is 9.59 Å². The first-order chi connectivity index (χ1) is 14.7. The second-order valence-corrected chi connectivity index (χ2v) is 8.64. The Hall–Kier alpha value is -2.62. The highest BCUT2D eigenvalue weighted by atomic mass is 16.2. The molecule has 30 heavy (non-hydrogen) atoms. The van der Waals surface area contributed by atoms with Crippen molar-refractivity contribution in [2.45, 2.75) is 51.4 Å². The number of likely N-dealkylation sites (tertiary alicyclic amines) is 1. The summed E-state index contributed by atoms with van der Waals surface area (Å²) in [6, 6.07) is 14.3. The van der Waals surface area contributed by atoms with Crippen molar-refractivity contribution in [3.8, 4) is 0 Å². The Morgan fingerprint density at radius 2 is 1.90 bits per heavy atom. The molecule has 1 aliphatic heterocycles. The molecule has 1 saturated heterocycles. The van der Waals surface area contributed by atoms with E-state index in [-0.39, 0.29) is 17.7 Å². The van der Waals surface area contributed by atoms with Gasteiger partial charge in [-0.05, 0) is 61.3 Å². The van der Waals surface area contributed by atoms with Gasteiger partial charge in [0.15, 0.2) is 0 Å². The van der Waals surface area contributed by atoms with Crippen LogP contribution in [0.5, 0.6) is 0 Å². The Morgan fingerprint density at radius 3 is 2.77 bits per heavy atom. The molecule has 2 aromatic rings. The molecule has 4 heteroatoms. The van der Waals surface area contributed by atoms with Gasteiger partial charge in [0.2, 0.25) is 11.8 Å². The van der Waals surface area contributed by atoms with Gasteiger partial charge in [0.05, 0.1) is 12.3 Å². The molecule has 0 unspecified atom stereocenters. The molecule has 158 valence electrons. The van der Waals surface area contributed by atoms with Gasteiger partial charge in [0.25, 0.3) is 0 Å². The monoisotopic (exact) mass is 404 g/mol. The normalized spacial score (nSPS) is 19.4. The zero-order valence-corrected chi connectivity index (χ0v) is 17.7. The molecule has 1 aliphatic carbocycles. The van der Waals surface area contributed by atoms with Gasteiger partial charge in [-0.15, -0.1) is 0 Å². The standard InChI is InChI=1S/C26H32N2O2/c29-25(18-22-12-6-11-21-10-4-5-14-24(21)22)28-17-7-13-23(19-28)26(30)27-16-15-20-8-2-1-3-9-20/h4-6,8,10-12,14,23H,1-3,7,9,13,15-19H2,(H,27,30)/t23-/m0/s1. The van der Waals surface area contributed by atoms with Crippen molar-refractivity contribution in [2.24, 2.45) is 5.92 Å². The first-order valence-electron chi connectivity index (χ1n) is 11.4. The highest BCUT2D eigenvalue weighted by Crippen LogP contribution is 2.22. The van der Waals surface area contributed by atoms with Crippen LogP contribution in [0.2, 0.25) is 0 Å². The highest BCUT2D eigenvalue weighted by Gasteiger charge is 2.28. The molecule has 1 fully saturated rings. The van der Waals surface area contributed by atoms with Gasteiger partial charge in [-0.3, -0.25) is 9.59 Å². The SMILES string of the molecule is O=C(NCCC1=CCCCC1)[C@H]1CCCN(C(=O)Cc2cccc3ccccc23)C1. The third-order valence-electron chi connectivity index (χ3n) is 6.50. The summed E-state index contributed by atoms with van der Waals surface area (Å²) in [5.74, 6) is 0.140. The number of carbonyl (C=O) groups is 2. The smallest absolute Gasteiger partial charge is 0.227 e. The predicted molar refractivity (Wildman–Crippen MR) is 121 cm³/mol. The van der Waals surface area contributed by atoms with E-state index in [1.54, 1.807) is 0 Å². The zero-order chi connectivity index (χ0) is 20.8. The molecule has 0 aromatic heterocycles. The maximum Gasteiger partial charge on any atom is 0.227 e. The van der Waals surface area contributed by atoms with Crippen molar-refractivity contribution in [2.75, 3.05) is 19.6 Å². The number of carbonyl (C=O) groups excluding carboxylic acids is 2. The van der Waals surface area contributed by atoms with Crippen LogP contribution >= 0.6 is 0 Å². The summed E-state index contributed by atoms with van der Waals surface area (Å²) in [4.78, 5) is 27.5. The zero-order valence-electron chi connectivity index (χ0n) is 17.7. The molecule has 2 aliphatic rings. The average molecular weight is 405 g/mol. The lowest BCUT2D eigenvalue weighted by molar-refractivity contribution is -0.135. The van der Waals surface area contributed by atoms with Crippen LogP contribution < -0.4 is 5.32 Å². The Morgan fingerprint density at radius 1 is 1.03 bits per heavy atom. The molecule has 1 atom stereocenters. The summed E-state index contributed by atoms with van der Waals surface area (Å²) < 4.78 is 0. The number of piperidine rings is 1. The number of amides is 2. The summed E-state index contributed by atoms with van der Waals surface area (Å²) in [5.41, 5.74) is 2.54. The van der Waals surface area contributed by atoms with Gasteiger partial charge in [-0.1, -0.05) is 54.1 Å². The summed E-state index contributed by atoms with van der Waals surface area (Å²) in [7, 11) is 0. The second-order valence-electron chi connectivity index (χ2n) is 8.64. The fourth-order valence-corrected chi connectivity index (χ4v) is 4.76. The molecule has 4 nitrogen and oxygen atoms in total. The third-order valence-corrected chi connectivity index (χ3v) is 6.50. The number of fused-ring (bicyclic) bond motifs is 1. The summed E-state index contributed by atoms with van der Waals surface area (Å²) in [6.07, 6.45) is 10.4. The molecule has 0 spiro atoms. The maximum absolute atomic E-state index is 13.0. The van der Waals surface area contributed by atoms with Gasteiger partial charge >= 0.3 is 0 Å². The van der Waals surface area contributed by atoms with E-state index < -0.39 is 0 Å². The average Bonchev–Trinajstić information content (AvgIpc) is 2.80. The Kier molecular flexibility index (Phi) is 6.83. The van der Waals surface area contributed by atoms with Crippen LogP contribution in [-0.2, 0) is 16.0 Å². The van der Waals surface area contributed by atoms with E-state index in [2.05, 4.69) is 29.6 Å². The van der Waals surface area contributed by atoms with Crippen molar-refractivity contribution in [1.82, 2.24) is 10.2 Å². The molecular formula is C26H32N2O2. The quantitative estimate of drug-likeness (QED) is 0.714. The van der Waals surface area contributed by atoms with Crippen LogP contribution in [0, 0.1) is 5.92 Å².